The summed E-state index contributed by atoms with van der Waals surface area (Å²) >= 11 is 0. The number of benzene rings is 2. The van der Waals surface area contributed by atoms with E-state index in [4.69, 9.17) is 0 Å². The summed E-state index contributed by atoms with van der Waals surface area (Å²) in [6.45, 7) is 0. The Hall–Kier alpha value is -2.29. The van der Waals surface area contributed by atoms with E-state index in [-0.39, 0.29) is 17.3 Å². The summed E-state index contributed by atoms with van der Waals surface area (Å²) in [5.41, 5.74) is 0.345. The molecule has 2 fully saturated rings. The van der Waals surface area contributed by atoms with E-state index in [1.54, 1.807) is 24.3 Å². The van der Waals surface area contributed by atoms with E-state index >= 15 is 0 Å². The number of carbonyl (C=O) groups is 1. The number of carbonyl (C=O) groups excluding carboxylic acids is 1. The van der Waals surface area contributed by atoms with Crippen molar-refractivity contribution in [3.63, 3.8) is 0 Å². The summed E-state index contributed by atoms with van der Waals surface area (Å²) < 4.78 is 0. The lowest BCUT2D eigenvalue weighted by atomic mass is 9.78. The van der Waals surface area contributed by atoms with Gasteiger partial charge in [-0.1, -0.05) is 36.4 Å². The second-order valence-corrected chi connectivity index (χ2v) is 6.53. The third kappa shape index (κ3) is 1.71. The van der Waals surface area contributed by atoms with Crippen LogP contribution in [0.3, 0.4) is 0 Å². The number of hydrogen-bond donors (Lipinski definition) is 2. The molecule has 112 valence electrons. The molecule has 2 N–H and O–H groups in total. The van der Waals surface area contributed by atoms with Gasteiger partial charge in [0.2, 0.25) is 0 Å². The maximum atomic E-state index is 13.3. The van der Waals surface area contributed by atoms with Crippen LogP contribution < -0.4 is 0 Å². The van der Waals surface area contributed by atoms with E-state index in [9.17, 15) is 15.0 Å². The van der Waals surface area contributed by atoms with Crippen molar-refractivity contribution in [1.82, 2.24) is 0 Å². The van der Waals surface area contributed by atoms with Crippen molar-refractivity contribution in [2.75, 3.05) is 0 Å². The number of phenolic OH excluding ortho intramolecular Hbond substituents is 2. The summed E-state index contributed by atoms with van der Waals surface area (Å²) in [7, 11) is 0. The molecular formula is C19H18O3. The standard InChI is InChI=1S/C19H18O3/c20-15-7-3-1-5-13(15)18(9-10-18)17(22)19(11-12-19)14-6-2-4-8-16(14)21/h1-8,20-21H,9-12H2. The maximum absolute atomic E-state index is 13.3. The molecule has 0 spiro atoms. The number of rotatable bonds is 4. The topological polar surface area (TPSA) is 57.5 Å². The SMILES string of the molecule is O=C(C1(c2ccccc2O)CC1)C1(c2ccccc2O)CC1. The maximum Gasteiger partial charge on any atom is 0.154 e. The van der Waals surface area contributed by atoms with Crippen LogP contribution in [0, 0.1) is 0 Å². The highest BCUT2D eigenvalue weighted by atomic mass is 16.3. The molecule has 0 unspecified atom stereocenters. The van der Waals surface area contributed by atoms with E-state index < -0.39 is 10.8 Å². The molecule has 0 radical (unpaired) electrons. The highest BCUT2D eigenvalue weighted by Crippen LogP contribution is 2.62. The van der Waals surface area contributed by atoms with Crippen molar-refractivity contribution >= 4 is 5.78 Å². The van der Waals surface area contributed by atoms with E-state index in [1.165, 1.54) is 0 Å². The molecule has 0 bridgehead atoms. The Kier molecular flexibility index (Phi) is 2.65. The van der Waals surface area contributed by atoms with Crippen LogP contribution in [-0.2, 0) is 15.6 Å². The fraction of sp³-hybridized carbons (Fsp3) is 0.316. The molecule has 4 rings (SSSR count). The molecule has 3 nitrogen and oxygen atoms in total. The van der Waals surface area contributed by atoms with Gasteiger partial charge in [-0.15, -0.1) is 0 Å². The number of para-hydroxylation sites is 2. The molecule has 2 aromatic rings. The van der Waals surface area contributed by atoms with Gasteiger partial charge in [-0.05, 0) is 37.8 Å². The smallest absolute Gasteiger partial charge is 0.154 e. The largest absolute Gasteiger partial charge is 0.508 e. The van der Waals surface area contributed by atoms with Gasteiger partial charge in [0.25, 0.3) is 0 Å². The lowest BCUT2D eigenvalue weighted by Gasteiger charge is -2.23. The molecule has 0 aliphatic heterocycles. The van der Waals surface area contributed by atoms with Crippen LogP contribution in [0.25, 0.3) is 0 Å². The zero-order valence-corrected chi connectivity index (χ0v) is 12.2. The number of aromatic hydroxyl groups is 2. The van der Waals surface area contributed by atoms with Crippen LogP contribution in [0.2, 0.25) is 0 Å². The fourth-order valence-electron chi connectivity index (χ4n) is 3.70. The van der Waals surface area contributed by atoms with Gasteiger partial charge in [-0.25, -0.2) is 0 Å². The minimum absolute atomic E-state index is 0.156. The van der Waals surface area contributed by atoms with E-state index in [0.717, 1.165) is 36.8 Å². The van der Waals surface area contributed by atoms with E-state index in [2.05, 4.69) is 0 Å². The average molecular weight is 294 g/mol. The lowest BCUT2D eigenvalue weighted by molar-refractivity contribution is -0.124. The molecule has 22 heavy (non-hydrogen) atoms. The first-order chi connectivity index (χ1) is 10.6. The quantitative estimate of drug-likeness (QED) is 0.908. The van der Waals surface area contributed by atoms with Crippen molar-refractivity contribution in [3.05, 3.63) is 59.7 Å². The first-order valence-corrected chi connectivity index (χ1v) is 7.72. The Morgan fingerprint density at radius 3 is 1.41 bits per heavy atom. The van der Waals surface area contributed by atoms with Gasteiger partial charge in [-0.2, -0.15) is 0 Å². The second kappa shape index (κ2) is 4.35. The van der Waals surface area contributed by atoms with Gasteiger partial charge >= 0.3 is 0 Å². The van der Waals surface area contributed by atoms with Crippen LogP contribution in [0.15, 0.2) is 48.5 Å². The molecule has 2 saturated carbocycles. The third-order valence-corrected chi connectivity index (χ3v) is 5.21. The molecule has 0 atom stereocenters. The molecule has 3 heteroatoms. The Balaban J connectivity index is 1.77. The highest BCUT2D eigenvalue weighted by molar-refractivity contribution is 6.04. The molecule has 0 heterocycles. The summed E-state index contributed by atoms with van der Waals surface area (Å²) in [5.74, 6) is 0.547. The first kappa shape index (κ1) is 13.4. The minimum Gasteiger partial charge on any atom is -0.508 e. The van der Waals surface area contributed by atoms with Crippen molar-refractivity contribution in [3.8, 4) is 11.5 Å². The minimum atomic E-state index is -0.565. The lowest BCUT2D eigenvalue weighted by Crippen LogP contribution is -2.32. The highest BCUT2D eigenvalue weighted by Gasteiger charge is 2.64. The van der Waals surface area contributed by atoms with Gasteiger partial charge in [0.15, 0.2) is 5.78 Å². The van der Waals surface area contributed by atoms with Crippen molar-refractivity contribution in [2.24, 2.45) is 0 Å². The Morgan fingerprint density at radius 1 is 0.727 bits per heavy atom. The molecule has 2 aliphatic carbocycles. The van der Waals surface area contributed by atoms with Crippen molar-refractivity contribution < 1.29 is 15.0 Å². The van der Waals surface area contributed by atoms with E-state index in [1.807, 2.05) is 24.3 Å². The number of Topliss-reactive ketones (excluding diaryl/α,β-unsaturated/α-hetero) is 1. The summed E-state index contributed by atoms with van der Waals surface area (Å²) in [6, 6.07) is 14.3. The number of phenols is 2. The molecule has 0 aromatic heterocycles. The molecular weight excluding hydrogens is 276 g/mol. The van der Waals surface area contributed by atoms with Crippen LogP contribution in [0.5, 0.6) is 11.5 Å². The number of ketones is 1. The third-order valence-electron chi connectivity index (χ3n) is 5.21. The summed E-state index contributed by atoms with van der Waals surface area (Å²) in [6.07, 6.45) is 3.11. The Morgan fingerprint density at radius 2 is 1.09 bits per heavy atom. The molecule has 2 aromatic carbocycles. The molecule has 0 saturated heterocycles. The zero-order valence-electron chi connectivity index (χ0n) is 12.2. The zero-order chi connectivity index (χ0) is 15.4. The fourth-order valence-corrected chi connectivity index (χ4v) is 3.70. The normalized spacial score (nSPS) is 20.4. The van der Waals surface area contributed by atoms with Crippen LogP contribution >= 0.6 is 0 Å². The molecule has 0 amide bonds. The van der Waals surface area contributed by atoms with Gasteiger partial charge in [0.05, 0.1) is 10.8 Å². The van der Waals surface area contributed by atoms with Gasteiger partial charge in [0.1, 0.15) is 11.5 Å². The Labute approximate surface area is 129 Å². The predicted octanol–water partition coefficient (Wildman–Crippen LogP) is 3.43. The second-order valence-electron chi connectivity index (χ2n) is 6.53. The van der Waals surface area contributed by atoms with Crippen LogP contribution in [0.1, 0.15) is 36.8 Å². The van der Waals surface area contributed by atoms with Crippen LogP contribution in [0.4, 0.5) is 0 Å². The van der Waals surface area contributed by atoms with Gasteiger partial charge in [-0.3, -0.25) is 4.79 Å². The van der Waals surface area contributed by atoms with Crippen molar-refractivity contribution in [2.45, 2.75) is 36.5 Å². The number of hydrogen-bond acceptors (Lipinski definition) is 3. The monoisotopic (exact) mass is 294 g/mol. The summed E-state index contributed by atoms with van der Waals surface area (Å²) in [5, 5.41) is 20.3. The van der Waals surface area contributed by atoms with E-state index in [0.29, 0.717) is 0 Å². The van der Waals surface area contributed by atoms with Crippen molar-refractivity contribution in [1.29, 1.82) is 0 Å². The van der Waals surface area contributed by atoms with Gasteiger partial charge in [0, 0.05) is 11.1 Å². The molecule has 2 aliphatic rings. The first-order valence-electron chi connectivity index (χ1n) is 7.72. The average Bonchev–Trinajstić information content (AvgIpc) is 3.42. The predicted molar refractivity (Wildman–Crippen MR) is 83.0 cm³/mol. The summed E-state index contributed by atoms with van der Waals surface area (Å²) in [4.78, 5) is 13.3. The van der Waals surface area contributed by atoms with Crippen LogP contribution in [-0.4, -0.2) is 16.0 Å². The Bertz CT molecular complexity index is 691. The van der Waals surface area contributed by atoms with Gasteiger partial charge < -0.3 is 10.2 Å².